The number of rotatable bonds is 4. The lowest BCUT2D eigenvalue weighted by atomic mass is 10.3. The molecule has 0 amide bonds. The molecular weight excluding hydrogens is 290 g/mol. The number of ether oxygens (including phenoxy) is 1. The van der Waals surface area contributed by atoms with Crippen LogP contribution in [-0.4, -0.2) is 25.7 Å². The predicted molar refractivity (Wildman–Crippen MR) is 70.8 cm³/mol. The fourth-order valence-corrected chi connectivity index (χ4v) is 2.42. The van der Waals surface area contributed by atoms with Gasteiger partial charge in [0.25, 0.3) is 10.0 Å². The largest absolute Gasteiger partial charge is 0.497 e. The molecule has 0 spiro atoms. The van der Waals surface area contributed by atoms with Gasteiger partial charge in [0, 0.05) is 0 Å². The summed E-state index contributed by atoms with van der Waals surface area (Å²) in [5, 5.41) is 7.37. The Morgan fingerprint density at radius 1 is 1.11 bits per heavy atom. The number of methoxy groups -OCH3 is 1. The number of aromatic nitrogens is 2. The highest BCUT2D eigenvalue weighted by Gasteiger charge is 2.14. The minimum absolute atomic E-state index is 0.0974. The predicted octanol–water partition coefficient (Wildman–Crippen LogP) is 1.94. The topological polar surface area (TPSA) is 81.2 Å². The van der Waals surface area contributed by atoms with Crippen LogP contribution >= 0.6 is 11.6 Å². The molecule has 0 aliphatic rings. The number of halogens is 1. The summed E-state index contributed by atoms with van der Waals surface area (Å²) < 4.78 is 31.3. The van der Waals surface area contributed by atoms with E-state index in [2.05, 4.69) is 14.9 Å². The molecule has 0 saturated carbocycles. The number of benzene rings is 1. The highest BCUT2D eigenvalue weighted by Crippen LogP contribution is 2.18. The average Bonchev–Trinajstić information content (AvgIpc) is 2.41. The highest BCUT2D eigenvalue weighted by molar-refractivity contribution is 7.92. The van der Waals surface area contributed by atoms with Gasteiger partial charge < -0.3 is 4.74 Å². The van der Waals surface area contributed by atoms with Gasteiger partial charge in [0.1, 0.15) is 5.75 Å². The first-order valence-electron chi connectivity index (χ1n) is 5.17. The van der Waals surface area contributed by atoms with Gasteiger partial charge in [-0.25, -0.2) is 8.42 Å². The summed E-state index contributed by atoms with van der Waals surface area (Å²) in [6.07, 6.45) is 0. The number of anilines is 1. The molecule has 0 aliphatic carbocycles. The van der Waals surface area contributed by atoms with Gasteiger partial charge in [-0.15, -0.1) is 10.2 Å². The minimum Gasteiger partial charge on any atom is -0.497 e. The molecule has 0 saturated heterocycles. The SMILES string of the molecule is COc1ccc(S(=O)(=O)Nc2ccc(Cl)nn2)cc1. The van der Waals surface area contributed by atoms with E-state index < -0.39 is 10.0 Å². The number of nitrogens with one attached hydrogen (secondary N) is 1. The third-order valence-electron chi connectivity index (χ3n) is 2.24. The van der Waals surface area contributed by atoms with Crippen LogP contribution in [0, 0.1) is 0 Å². The molecule has 100 valence electrons. The van der Waals surface area contributed by atoms with Gasteiger partial charge in [-0.2, -0.15) is 0 Å². The maximum absolute atomic E-state index is 12.0. The molecule has 0 fully saturated rings. The standard InChI is InChI=1S/C11H10ClN3O3S/c1-18-8-2-4-9(5-3-8)19(16,17)15-11-7-6-10(12)13-14-11/h2-7H,1H3,(H,14,15). The van der Waals surface area contributed by atoms with Crippen molar-refractivity contribution in [1.29, 1.82) is 0 Å². The van der Waals surface area contributed by atoms with Crippen LogP contribution in [0.1, 0.15) is 0 Å². The molecule has 2 rings (SSSR count). The Morgan fingerprint density at radius 2 is 1.79 bits per heavy atom. The van der Waals surface area contributed by atoms with E-state index in [1.807, 2.05) is 0 Å². The van der Waals surface area contributed by atoms with Gasteiger partial charge in [0.2, 0.25) is 0 Å². The van der Waals surface area contributed by atoms with Crippen molar-refractivity contribution >= 4 is 27.4 Å². The summed E-state index contributed by atoms with van der Waals surface area (Å²) in [6, 6.07) is 8.86. The van der Waals surface area contributed by atoms with Crippen LogP contribution in [0.5, 0.6) is 5.75 Å². The Balaban J connectivity index is 2.24. The third-order valence-corrected chi connectivity index (χ3v) is 3.81. The van der Waals surface area contributed by atoms with Crippen molar-refractivity contribution in [3.63, 3.8) is 0 Å². The van der Waals surface area contributed by atoms with Crippen LogP contribution in [0.3, 0.4) is 0 Å². The minimum atomic E-state index is -3.70. The Bertz CT molecular complexity index is 657. The number of nitrogens with zero attached hydrogens (tertiary/aromatic N) is 2. The zero-order valence-electron chi connectivity index (χ0n) is 9.87. The molecule has 1 N–H and O–H groups in total. The molecule has 1 aromatic heterocycles. The quantitative estimate of drug-likeness (QED) is 0.933. The van der Waals surface area contributed by atoms with Crippen molar-refractivity contribution in [2.24, 2.45) is 0 Å². The van der Waals surface area contributed by atoms with Gasteiger partial charge >= 0.3 is 0 Å². The Kier molecular flexibility index (Phi) is 3.87. The first kappa shape index (κ1) is 13.6. The highest BCUT2D eigenvalue weighted by atomic mass is 35.5. The van der Waals surface area contributed by atoms with E-state index in [9.17, 15) is 8.42 Å². The van der Waals surface area contributed by atoms with E-state index in [4.69, 9.17) is 16.3 Å². The van der Waals surface area contributed by atoms with Gasteiger partial charge in [-0.1, -0.05) is 11.6 Å². The Labute approximate surface area is 115 Å². The van der Waals surface area contributed by atoms with E-state index in [0.717, 1.165) is 0 Å². The molecule has 8 heteroatoms. The lowest BCUT2D eigenvalue weighted by molar-refractivity contribution is 0.414. The Hall–Kier alpha value is -1.86. The summed E-state index contributed by atoms with van der Waals surface area (Å²) in [6.45, 7) is 0. The van der Waals surface area contributed by atoms with Gasteiger partial charge in [-0.05, 0) is 36.4 Å². The summed E-state index contributed by atoms with van der Waals surface area (Å²) in [4.78, 5) is 0.102. The first-order chi connectivity index (χ1) is 9.01. The first-order valence-corrected chi connectivity index (χ1v) is 7.03. The zero-order valence-corrected chi connectivity index (χ0v) is 11.4. The number of sulfonamides is 1. The molecule has 0 radical (unpaired) electrons. The van der Waals surface area contributed by atoms with Crippen LogP contribution in [0.4, 0.5) is 5.82 Å². The van der Waals surface area contributed by atoms with Crippen LogP contribution < -0.4 is 9.46 Å². The summed E-state index contributed by atoms with van der Waals surface area (Å²) >= 11 is 5.57. The average molecular weight is 300 g/mol. The molecule has 0 atom stereocenters. The smallest absolute Gasteiger partial charge is 0.263 e. The molecule has 0 aliphatic heterocycles. The van der Waals surface area contributed by atoms with E-state index in [0.29, 0.717) is 5.75 Å². The number of hydrogen-bond donors (Lipinski definition) is 1. The van der Waals surface area contributed by atoms with E-state index in [1.54, 1.807) is 12.1 Å². The normalized spacial score (nSPS) is 11.1. The monoisotopic (exact) mass is 299 g/mol. The fraction of sp³-hybridized carbons (Fsp3) is 0.0909. The van der Waals surface area contributed by atoms with Gasteiger partial charge in [0.05, 0.1) is 12.0 Å². The second-order valence-corrected chi connectivity index (χ2v) is 5.59. The molecule has 0 unspecified atom stereocenters. The summed E-state index contributed by atoms with van der Waals surface area (Å²) in [7, 11) is -2.20. The second kappa shape index (κ2) is 5.41. The summed E-state index contributed by atoms with van der Waals surface area (Å²) in [5.74, 6) is 0.672. The molecule has 19 heavy (non-hydrogen) atoms. The van der Waals surface area contributed by atoms with Crippen molar-refractivity contribution in [2.75, 3.05) is 11.8 Å². The maximum Gasteiger partial charge on any atom is 0.263 e. The van der Waals surface area contributed by atoms with E-state index in [1.165, 1.54) is 31.4 Å². The van der Waals surface area contributed by atoms with Gasteiger partial charge in [-0.3, -0.25) is 4.72 Å². The molecular formula is C11H10ClN3O3S. The third kappa shape index (κ3) is 3.33. The maximum atomic E-state index is 12.0. The summed E-state index contributed by atoms with van der Waals surface area (Å²) in [5.41, 5.74) is 0. The van der Waals surface area contributed by atoms with Crippen molar-refractivity contribution in [3.05, 3.63) is 41.6 Å². The molecule has 1 aromatic carbocycles. The molecule has 2 aromatic rings. The van der Waals surface area contributed by atoms with Crippen molar-refractivity contribution < 1.29 is 13.2 Å². The van der Waals surface area contributed by atoms with Crippen molar-refractivity contribution in [3.8, 4) is 5.75 Å². The zero-order chi connectivity index (χ0) is 13.9. The van der Waals surface area contributed by atoms with Crippen molar-refractivity contribution in [1.82, 2.24) is 10.2 Å². The van der Waals surface area contributed by atoms with E-state index >= 15 is 0 Å². The molecule has 6 nitrogen and oxygen atoms in total. The van der Waals surface area contributed by atoms with E-state index in [-0.39, 0.29) is 15.9 Å². The molecule has 0 bridgehead atoms. The van der Waals surface area contributed by atoms with Gasteiger partial charge in [0.15, 0.2) is 11.0 Å². The van der Waals surface area contributed by atoms with Crippen LogP contribution in [0.15, 0.2) is 41.3 Å². The lowest BCUT2D eigenvalue weighted by Crippen LogP contribution is -2.14. The second-order valence-electron chi connectivity index (χ2n) is 3.52. The lowest BCUT2D eigenvalue weighted by Gasteiger charge is -2.07. The Morgan fingerprint density at radius 3 is 2.32 bits per heavy atom. The molecule has 1 heterocycles. The van der Waals surface area contributed by atoms with Crippen molar-refractivity contribution in [2.45, 2.75) is 4.90 Å². The van der Waals surface area contributed by atoms with Crippen LogP contribution in [-0.2, 0) is 10.0 Å². The van der Waals surface area contributed by atoms with Crippen LogP contribution in [0.25, 0.3) is 0 Å². The fourth-order valence-electron chi connectivity index (χ4n) is 1.32. The van der Waals surface area contributed by atoms with Crippen LogP contribution in [0.2, 0.25) is 5.15 Å². The number of hydrogen-bond acceptors (Lipinski definition) is 5.